The van der Waals surface area contributed by atoms with Gasteiger partial charge < -0.3 is 15.0 Å². The van der Waals surface area contributed by atoms with E-state index in [1.54, 1.807) is 24.3 Å². The molecular weight excluding hydrogens is 356 g/mol. The van der Waals surface area contributed by atoms with Gasteiger partial charge in [0, 0.05) is 38.2 Å². The Hall–Kier alpha value is -3.25. The van der Waals surface area contributed by atoms with Crippen LogP contribution in [0.5, 0.6) is 0 Å². The lowest BCUT2D eigenvalue weighted by Gasteiger charge is -2.29. The van der Waals surface area contributed by atoms with Crippen LogP contribution in [0.1, 0.15) is 33.2 Å². The van der Waals surface area contributed by atoms with Crippen LogP contribution in [-0.2, 0) is 16.1 Å². The normalized spacial score (nSPS) is 13.4. The summed E-state index contributed by atoms with van der Waals surface area (Å²) in [6.07, 6.45) is 0. The molecule has 0 saturated heterocycles. The van der Waals surface area contributed by atoms with Gasteiger partial charge in [-0.05, 0) is 5.56 Å². The minimum Gasteiger partial charge on any atom is -0.383 e. The number of nitrogens with one attached hydrogen (secondary N) is 1. The van der Waals surface area contributed by atoms with E-state index in [1.165, 1.54) is 18.9 Å². The molecule has 1 amide bonds. The number of hydrogen-bond acceptors (Lipinski definition) is 5. The lowest BCUT2D eigenvalue weighted by molar-refractivity contribution is -0.127. The predicted octanol–water partition coefficient (Wildman–Crippen LogP) is 2.56. The number of amides is 1. The minimum absolute atomic E-state index is 0.0733. The number of Topliss-reactive ketones (excluding diaryl/α,β-unsaturated/α-hetero) is 2. The highest BCUT2D eigenvalue weighted by molar-refractivity contribution is 6.27. The monoisotopic (exact) mass is 378 g/mol. The number of hydrogen-bond donors (Lipinski definition) is 1. The van der Waals surface area contributed by atoms with Crippen molar-refractivity contribution in [2.75, 3.05) is 20.3 Å². The average Bonchev–Trinajstić information content (AvgIpc) is 2.71. The van der Waals surface area contributed by atoms with Crippen molar-refractivity contribution in [2.24, 2.45) is 0 Å². The van der Waals surface area contributed by atoms with E-state index in [2.05, 4.69) is 5.32 Å². The standard InChI is InChI=1S/C22H22N2O4/c1-15(25)24(12-13-28-2)20-19(23-14-16-8-4-3-5-9-16)21(26)17-10-6-7-11-18(17)22(20)27/h3-11,23H,12-14H2,1-2H3. The number of nitrogens with zero attached hydrogens (tertiary/aromatic N) is 1. The third kappa shape index (κ3) is 3.87. The van der Waals surface area contributed by atoms with Crippen molar-refractivity contribution in [3.8, 4) is 0 Å². The number of benzene rings is 2. The molecule has 6 heteroatoms. The zero-order valence-corrected chi connectivity index (χ0v) is 15.9. The summed E-state index contributed by atoms with van der Waals surface area (Å²) >= 11 is 0. The smallest absolute Gasteiger partial charge is 0.224 e. The van der Waals surface area contributed by atoms with Gasteiger partial charge in [-0.15, -0.1) is 0 Å². The molecule has 0 atom stereocenters. The minimum atomic E-state index is -0.350. The van der Waals surface area contributed by atoms with Gasteiger partial charge in [-0.1, -0.05) is 54.6 Å². The van der Waals surface area contributed by atoms with Crippen LogP contribution in [-0.4, -0.2) is 42.6 Å². The first-order valence-electron chi connectivity index (χ1n) is 9.02. The van der Waals surface area contributed by atoms with Crippen molar-refractivity contribution < 1.29 is 19.1 Å². The molecule has 0 saturated carbocycles. The van der Waals surface area contributed by atoms with Gasteiger partial charge >= 0.3 is 0 Å². The number of ketones is 2. The van der Waals surface area contributed by atoms with Gasteiger partial charge in [0.25, 0.3) is 0 Å². The Kier molecular flexibility index (Phi) is 6.01. The molecule has 0 aliphatic heterocycles. The number of carbonyl (C=O) groups excluding carboxylic acids is 3. The lowest BCUT2D eigenvalue weighted by Crippen LogP contribution is -2.41. The molecule has 1 N–H and O–H groups in total. The van der Waals surface area contributed by atoms with E-state index in [0.29, 0.717) is 17.7 Å². The fourth-order valence-electron chi connectivity index (χ4n) is 3.18. The Morgan fingerprint density at radius 1 is 0.964 bits per heavy atom. The summed E-state index contributed by atoms with van der Waals surface area (Å²) in [6, 6.07) is 16.2. The molecule has 2 aromatic carbocycles. The number of carbonyl (C=O) groups is 3. The van der Waals surface area contributed by atoms with E-state index in [9.17, 15) is 14.4 Å². The summed E-state index contributed by atoms with van der Waals surface area (Å²) in [5.74, 6) is -0.978. The van der Waals surface area contributed by atoms with E-state index >= 15 is 0 Å². The zero-order chi connectivity index (χ0) is 20.1. The predicted molar refractivity (Wildman–Crippen MR) is 105 cm³/mol. The zero-order valence-electron chi connectivity index (χ0n) is 15.9. The van der Waals surface area contributed by atoms with E-state index in [4.69, 9.17) is 4.74 Å². The SMILES string of the molecule is COCCN(C(C)=O)C1=C(NCc2ccccc2)C(=O)c2ccccc2C1=O. The second-order valence-electron chi connectivity index (χ2n) is 6.43. The number of ether oxygens (including phenoxy) is 1. The molecule has 144 valence electrons. The van der Waals surface area contributed by atoms with E-state index in [-0.39, 0.29) is 42.0 Å². The molecule has 6 nitrogen and oxygen atoms in total. The Balaban J connectivity index is 2.06. The molecule has 1 aliphatic rings. The van der Waals surface area contributed by atoms with Crippen LogP contribution in [0.15, 0.2) is 66.0 Å². The Labute approximate surface area is 163 Å². The topological polar surface area (TPSA) is 75.7 Å². The largest absolute Gasteiger partial charge is 0.383 e. The summed E-state index contributed by atoms with van der Waals surface area (Å²) in [6.45, 7) is 2.16. The maximum absolute atomic E-state index is 13.2. The Morgan fingerprint density at radius 3 is 2.18 bits per heavy atom. The summed E-state index contributed by atoms with van der Waals surface area (Å²) in [5.41, 5.74) is 1.81. The maximum atomic E-state index is 13.2. The maximum Gasteiger partial charge on any atom is 0.224 e. The van der Waals surface area contributed by atoms with Crippen LogP contribution in [0.2, 0.25) is 0 Å². The molecule has 2 aromatic rings. The van der Waals surface area contributed by atoms with Crippen LogP contribution < -0.4 is 5.32 Å². The first-order valence-corrected chi connectivity index (χ1v) is 9.02. The van der Waals surface area contributed by atoms with Crippen molar-refractivity contribution in [3.63, 3.8) is 0 Å². The second kappa shape index (κ2) is 8.63. The fraction of sp³-hybridized carbons (Fsp3) is 0.227. The molecular formula is C22H22N2O4. The average molecular weight is 378 g/mol. The highest BCUT2D eigenvalue weighted by Crippen LogP contribution is 2.27. The summed E-state index contributed by atoms with van der Waals surface area (Å²) < 4.78 is 5.08. The van der Waals surface area contributed by atoms with Crippen molar-refractivity contribution in [1.29, 1.82) is 0 Å². The van der Waals surface area contributed by atoms with Gasteiger partial charge in [0.15, 0.2) is 0 Å². The molecule has 3 rings (SSSR count). The fourth-order valence-corrected chi connectivity index (χ4v) is 3.18. The van der Waals surface area contributed by atoms with Crippen LogP contribution >= 0.6 is 0 Å². The summed E-state index contributed by atoms with van der Waals surface area (Å²) in [4.78, 5) is 40.0. The van der Waals surface area contributed by atoms with Gasteiger partial charge in [0.1, 0.15) is 11.4 Å². The number of rotatable bonds is 7. The van der Waals surface area contributed by atoms with Crippen molar-refractivity contribution >= 4 is 17.5 Å². The third-order valence-electron chi connectivity index (χ3n) is 4.58. The van der Waals surface area contributed by atoms with Crippen LogP contribution in [0, 0.1) is 0 Å². The van der Waals surface area contributed by atoms with Crippen LogP contribution in [0.4, 0.5) is 0 Å². The molecule has 0 radical (unpaired) electrons. The van der Waals surface area contributed by atoms with Crippen molar-refractivity contribution in [3.05, 3.63) is 82.7 Å². The van der Waals surface area contributed by atoms with Crippen molar-refractivity contribution in [2.45, 2.75) is 13.5 Å². The lowest BCUT2D eigenvalue weighted by atomic mass is 9.89. The van der Waals surface area contributed by atoms with E-state index < -0.39 is 0 Å². The van der Waals surface area contributed by atoms with Gasteiger partial charge in [0.2, 0.25) is 17.5 Å². The van der Waals surface area contributed by atoms with Crippen LogP contribution in [0.3, 0.4) is 0 Å². The first kappa shape index (κ1) is 19.5. The Morgan fingerprint density at radius 2 is 1.57 bits per heavy atom. The Bertz CT molecular complexity index is 935. The molecule has 0 spiro atoms. The third-order valence-corrected chi connectivity index (χ3v) is 4.58. The van der Waals surface area contributed by atoms with Gasteiger partial charge in [0.05, 0.1) is 6.61 Å². The van der Waals surface area contributed by atoms with Crippen molar-refractivity contribution in [1.82, 2.24) is 10.2 Å². The molecule has 0 bridgehead atoms. The summed E-state index contributed by atoms with van der Waals surface area (Å²) in [7, 11) is 1.52. The highest BCUT2D eigenvalue weighted by Gasteiger charge is 2.36. The molecule has 1 aliphatic carbocycles. The highest BCUT2D eigenvalue weighted by atomic mass is 16.5. The first-order chi connectivity index (χ1) is 13.5. The second-order valence-corrected chi connectivity index (χ2v) is 6.43. The summed E-state index contributed by atoms with van der Waals surface area (Å²) in [5, 5.41) is 3.10. The van der Waals surface area contributed by atoms with Gasteiger partial charge in [-0.3, -0.25) is 14.4 Å². The number of allylic oxidation sites excluding steroid dienone is 2. The van der Waals surface area contributed by atoms with E-state index in [0.717, 1.165) is 5.56 Å². The quantitative estimate of drug-likeness (QED) is 0.801. The number of fused-ring (bicyclic) bond motifs is 1. The molecule has 0 aromatic heterocycles. The molecule has 0 heterocycles. The molecule has 28 heavy (non-hydrogen) atoms. The van der Waals surface area contributed by atoms with Gasteiger partial charge in [-0.2, -0.15) is 0 Å². The molecule has 0 fully saturated rings. The van der Waals surface area contributed by atoms with E-state index in [1.807, 2.05) is 30.3 Å². The van der Waals surface area contributed by atoms with Crippen LogP contribution in [0.25, 0.3) is 0 Å². The molecule has 0 unspecified atom stereocenters. The van der Waals surface area contributed by atoms with Gasteiger partial charge in [-0.25, -0.2) is 0 Å². The number of methoxy groups -OCH3 is 1.